The van der Waals surface area contributed by atoms with Crippen molar-refractivity contribution in [3.8, 4) is 0 Å². The number of aryl methyl sites for hydroxylation is 1. The molecule has 0 atom stereocenters. The van der Waals surface area contributed by atoms with Crippen molar-refractivity contribution >= 4 is 28.5 Å². The summed E-state index contributed by atoms with van der Waals surface area (Å²) in [4.78, 5) is 35.9. The number of esters is 1. The Morgan fingerprint density at radius 1 is 1.15 bits per heavy atom. The van der Waals surface area contributed by atoms with Gasteiger partial charge in [-0.05, 0) is 37.3 Å². The molecule has 0 fully saturated rings. The van der Waals surface area contributed by atoms with Gasteiger partial charge in [-0.15, -0.1) is 0 Å². The highest BCUT2D eigenvalue weighted by Crippen LogP contribution is 2.15. The van der Waals surface area contributed by atoms with E-state index < -0.39 is 24.3 Å². The second kappa shape index (κ2) is 7.18. The first kappa shape index (κ1) is 17.3. The number of ether oxygens (including phenoxy) is 1. The number of hydrogen-bond acceptors (Lipinski definition) is 5. The first-order valence-electron chi connectivity index (χ1n) is 7.69. The number of benzene rings is 2. The van der Waals surface area contributed by atoms with Crippen LogP contribution in [-0.2, 0) is 9.53 Å². The van der Waals surface area contributed by atoms with Crippen molar-refractivity contribution in [2.75, 3.05) is 11.9 Å². The van der Waals surface area contributed by atoms with Crippen molar-refractivity contribution in [3.05, 3.63) is 75.9 Å². The molecule has 1 aromatic heterocycles. The third-order valence-electron chi connectivity index (χ3n) is 3.53. The topological polar surface area (TPSA) is 85.6 Å². The summed E-state index contributed by atoms with van der Waals surface area (Å²) in [6, 6.07) is 11.3. The van der Waals surface area contributed by atoms with E-state index in [2.05, 4.69) is 5.32 Å². The zero-order valence-corrected chi connectivity index (χ0v) is 13.7. The molecule has 0 radical (unpaired) electrons. The summed E-state index contributed by atoms with van der Waals surface area (Å²) < 4.78 is 23.3. The number of halogens is 1. The Labute approximate surface area is 147 Å². The summed E-state index contributed by atoms with van der Waals surface area (Å²) in [6.07, 6.45) is 0. The average molecular weight is 355 g/mol. The van der Waals surface area contributed by atoms with E-state index >= 15 is 0 Å². The van der Waals surface area contributed by atoms with Gasteiger partial charge in [0.25, 0.3) is 5.91 Å². The van der Waals surface area contributed by atoms with Crippen molar-refractivity contribution in [1.82, 2.24) is 0 Å². The van der Waals surface area contributed by atoms with Gasteiger partial charge in [-0.3, -0.25) is 9.59 Å². The van der Waals surface area contributed by atoms with E-state index in [-0.39, 0.29) is 22.5 Å². The van der Waals surface area contributed by atoms with Gasteiger partial charge in [0, 0.05) is 11.8 Å². The lowest BCUT2D eigenvalue weighted by atomic mass is 10.1. The first-order chi connectivity index (χ1) is 12.4. The summed E-state index contributed by atoms with van der Waals surface area (Å²) in [5.74, 6) is -2.40. The number of carbonyl (C=O) groups is 2. The molecule has 0 saturated heterocycles. The predicted molar refractivity (Wildman–Crippen MR) is 92.5 cm³/mol. The molecule has 26 heavy (non-hydrogen) atoms. The van der Waals surface area contributed by atoms with Gasteiger partial charge in [-0.2, -0.15) is 0 Å². The average Bonchev–Trinajstić information content (AvgIpc) is 2.60. The molecular weight excluding hydrogens is 341 g/mol. The number of anilines is 1. The lowest BCUT2D eigenvalue weighted by Crippen LogP contribution is -2.21. The quantitative estimate of drug-likeness (QED) is 0.727. The Hall–Kier alpha value is -3.48. The standard InChI is InChI=1S/C19H14FNO5/c1-11-5-6-16-14(7-11)15(22)9-17(26-16)19(24)25-10-18(23)21-13-4-2-3-12(20)8-13/h2-9H,10H2,1H3,(H,21,23). The highest BCUT2D eigenvalue weighted by Gasteiger charge is 2.15. The minimum absolute atomic E-state index is 0.235. The van der Waals surface area contributed by atoms with E-state index in [1.807, 2.05) is 6.92 Å². The molecule has 0 aliphatic heterocycles. The Morgan fingerprint density at radius 2 is 1.96 bits per heavy atom. The van der Waals surface area contributed by atoms with Crippen LogP contribution in [0.4, 0.5) is 10.1 Å². The van der Waals surface area contributed by atoms with Crippen LogP contribution in [0.3, 0.4) is 0 Å². The maximum Gasteiger partial charge on any atom is 0.374 e. The Kier molecular flexibility index (Phi) is 4.79. The maximum atomic E-state index is 13.1. The second-order valence-electron chi connectivity index (χ2n) is 5.61. The lowest BCUT2D eigenvalue weighted by molar-refractivity contribution is -0.119. The molecule has 0 bridgehead atoms. The van der Waals surface area contributed by atoms with Gasteiger partial charge in [0.2, 0.25) is 5.76 Å². The molecular formula is C19H14FNO5. The zero-order chi connectivity index (χ0) is 18.7. The van der Waals surface area contributed by atoms with Crippen LogP contribution in [-0.4, -0.2) is 18.5 Å². The van der Waals surface area contributed by atoms with E-state index in [1.165, 1.54) is 18.2 Å². The van der Waals surface area contributed by atoms with E-state index in [1.54, 1.807) is 18.2 Å². The van der Waals surface area contributed by atoms with Crippen LogP contribution < -0.4 is 10.7 Å². The second-order valence-corrected chi connectivity index (χ2v) is 5.61. The molecule has 6 nitrogen and oxygen atoms in total. The molecule has 0 saturated carbocycles. The molecule has 0 aliphatic rings. The number of amides is 1. The largest absolute Gasteiger partial charge is 0.450 e. The predicted octanol–water partition coefficient (Wildman–Crippen LogP) is 3.04. The van der Waals surface area contributed by atoms with Gasteiger partial charge < -0.3 is 14.5 Å². The Morgan fingerprint density at radius 3 is 2.73 bits per heavy atom. The molecule has 2 aromatic carbocycles. The smallest absolute Gasteiger partial charge is 0.374 e. The molecule has 1 heterocycles. The Bertz CT molecular complexity index is 1060. The number of hydrogen-bond donors (Lipinski definition) is 1. The van der Waals surface area contributed by atoms with Gasteiger partial charge in [0.1, 0.15) is 11.4 Å². The summed E-state index contributed by atoms with van der Waals surface area (Å²) in [7, 11) is 0. The number of carbonyl (C=O) groups excluding carboxylic acids is 2. The number of rotatable bonds is 4. The van der Waals surface area contributed by atoms with E-state index in [0.717, 1.165) is 17.7 Å². The van der Waals surface area contributed by atoms with Crippen LogP contribution in [0.1, 0.15) is 16.1 Å². The fourth-order valence-corrected chi connectivity index (χ4v) is 2.34. The zero-order valence-electron chi connectivity index (χ0n) is 13.7. The monoisotopic (exact) mass is 355 g/mol. The van der Waals surface area contributed by atoms with Gasteiger partial charge in [0.05, 0.1) is 5.39 Å². The van der Waals surface area contributed by atoms with Crippen LogP contribution in [0, 0.1) is 12.7 Å². The van der Waals surface area contributed by atoms with Crippen molar-refractivity contribution in [2.45, 2.75) is 6.92 Å². The molecule has 1 N–H and O–H groups in total. The van der Waals surface area contributed by atoms with Crippen molar-refractivity contribution in [2.24, 2.45) is 0 Å². The van der Waals surface area contributed by atoms with Crippen LogP contribution in [0.2, 0.25) is 0 Å². The third kappa shape index (κ3) is 3.94. The van der Waals surface area contributed by atoms with Crippen LogP contribution in [0.15, 0.2) is 57.7 Å². The van der Waals surface area contributed by atoms with Crippen molar-refractivity contribution < 1.29 is 23.1 Å². The van der Waals surface area contributed by atoms with Gasteiger partial charge >= 0.3 is 5.97 Å². The fraction of sp³-hybridized carbons (Fsp3) is 0.105. The SMILES string of the molecule is Cc1ccc2oc(C(=O)OCC(=O)Nc3cccc(F)c3)cc(=O)c2c1. The van der Waals surface area contributed by atoms with Crippen LogP contribution in [0.5, 0.6) is 0 Å². The molecule has 3 rings (SSSR count). The molecule has 7 heteroatoms. The summed E-state index contributed by atoms with van der Waals surface area (Å²) >= 11 is 0. The molecule has 1 amide bonds. The summed E-state index contributed by atoms with van der Waals surface area (Å²) in [5, 5.41) is 2.74. The van der Waals surface area contributed by atoms with Crippen LogP contribution >= 0.6 is 0 Å². The van der Waals surface area contributed by atoms with Gasteiger partial charge in [-0.1, -0.05) is 17.7 Å². The van der Waals surface area contributed by atoms with Gasteiger partial charge in [-0.25, -0.2) is 9.18 Å². The first-order valence-corrected chi connectivity index (χ1v) is 7.69. The Balaban J connectivity index is 1.68. The summed E-state index contributed by atoms with van der Waals surface area (Å²) in [6.45, 7) is 1.23. The minimum Gasteiger partial charge on any atom is -0.450 e. The highest BCUT2D eigenvalue weighted by molar-refractivity contribution is 5.95. The lowest BCUT2D eigenvalue weighted by Gasteiger charge is -2.07. The van der Waals surface area contributed by atoms with E-state index in [4.69, 9.17) is 9.15 Å². The van der Waals surface area contributed by atoms with Crippen molar-refractivity contribution in [1.29, 1.82) is 0 Å². The molecule has 0 aliphatic carbocycles. The fourth-order valence-electron chi connectivity index (χ4n) is 2.34. The van der Waals surface area contributed by atoms with E-state index in [0.29, 0.717) is 5.39 Å². The summed E-state index contributed by atoms with van der Waals surface area (Å²) in [5.41, 5.74) is 0.984. The van der Waals surface area contributed by atoms with Crippen molar-refractivity contribution in [3.63, 3.8) is 0 Å². The number of nitrogens with one attached hydrogen (secondary N) is 1. The molecule has 3 aromatic rings. The third-order valence-corrected chi connectivity index (χ3v) is 3.53. The maximum absolute atomic E-state index is 13.1. The van der Waals surface area contributed by atoms with Crippen LogP contribution in [0.25, 0.3) is 11.0 Å². The normalized spacial score (nSPS) is 10.5. The molecule has 0 spiro atoms. The highest BCUT2D eigenvalue weighted by atomic mass is 19.1. The minimum atomic E-state index is -0.945. The van der Waals surface area contributed by atoms with E-state index in [9.17, 15) is 18.8 Å². The molecule has 132 valence electrons. The molecule has 0 unspecified atom stereocenters. The number of fused-ring (bicyclic) bond motifs is 1. The van der Waals surface area contributed by atoms with Gasteiger partial charge in [0.15, 0.2) is 12.0 Å².